The van der Waals surface area contributed by atoms with Crippen molar-refractivity contribution in [2.75, 3.05) is 24.2 Å². The summed E-state index contributed by atoms with van der Waals surface area (Å²) in [5.41, 5.74) is 0. The van der Waals surface area contributed by atoms with Gasteiger partial charge in [-0.3, -0.25) is 0 Å². The molecule has 0 aliphatic rings. The maximum Gasteiger partial charge on any atom is 0.323 e. The van der Waals surface area contributed by atoms with Crippen LogP contribution in [-0.2, 0) is 6.42 Å². The fourth-order valence-corrected chi connectivity index (χ4v) is 2.09. The third kappa shape index (κ3) is 4.30. The van der Waals surface area contributed by atoms with Crippen molar-refractivity contribution >= 4 is 23.2 Å². The summed E-state index contributed by atoms with van der Waals surface area (Å²) in [6.45, 7) is 4.57. The molecule has 0 aromatic carbocycles. The standard InChI is InChI=1S/C12H18N6OS/c1-8(2)19-12-17-10(13-3)16-11(18-12)15-5-4-9-14-6-7-20-9/h6-8H,4-5H2,1-3H3,(H2,13,15,16,17,18). The minimum absolute atomic E-state index is 0.0188. The van der Waals surface area contributed by atoms with Gasteiger partial charge in [0.15, 0.2) is 0 Å². The Bertz CT molecular complexity index is 531. The van der Waals surface area contributed by atoms with Crippen LogP contribution < -0.4 is 15.4 Å². The van der Waals surface area contributed by atoms with Gasteiger partial charge >= 0.3 is 6.01 Å². The van der Waals surface area contributed by atoms with E-state index in [-0.39, 0.29) is 6.10 Å². The second-order valence-corrected chi connectivity index (χ2v) is 5.26. The van der Waals surface area contributed by atoms with Gasteiger partial charge in [-0.15, -0.1) is 11.3 Å². The van der Waals surface area contributed by atoms with Crippen molar-refractivity contribution in [3.8, 4) is 6.01 Å². The Morgan fingerprint density at radius 1 is 1.25 bits per heavy atom. The van der Waals surface area contributed by atoms with Crippen LogP contribution in [-0.4, -0.2) is 39.6 Å². The quantitative estimate of drug-likeness (QED) is 0.805. The van der Waals surface area contributed by atoms with Crippen LogP contribution in [0.4, 0.5) is 11.9 Å². The van der Waals surface area contributed by atoms with Crippen molar-refractivity contribution in [1.29, 1.82) is 0 Å². The molecule has 0 radical (unpaired) electrons. The molecule has 2 aromatic rings. The summed E-state index contributed by atoms with van der Waals surface area (Å²) in [4.78, 5) is 16.8. The Kier molecular flexibility index (Phi) is 5.05. The van der Waals surface area contributed by atoms with Crippen LogP contribution in [0.25, 0.3) is 0 Å². The van der Waals surface area contributed by atoms with Crippen LogP contribution in [0.15, 0.2) is 11.6 Å². The highest BCUT2D eigenvalue weighted by Crippen LogP contribution is 2.12. The summed E-state index contributed by atoms with van der Waals surface area (Å²) >= 11 is 1.64. The van der Waals surface area contributed by atoms with Gasteiger partial charge in [-0.2, -0.15) is 15.0 Å². The number of aromatic nitrogens is 4. The van der Waals surface area contributed by atoms with Crippen LogP contribution >= 0.6 is 11.3 Å². The van der Waals surface area contributed by atoms with Crippen molar-refractivity contribution < 1.29 is 4.74 Å². The van der Waals surface area contributed by atoms with E-state index in [2.05, 4.69) is 30.6 Å². The number of ether oxygens (including phenoxy) is 1. The first-order valence-corrected chi connectivity index (χ1v) is 7.28. The summed E-state index contributed by atoms with van der Waals surface area (Å²) in [6, 6.07) is 0.316. The molecule has 2 rings (SSSR count). The van der Waals surface area contributed by atoms with E-state index in [4.69, 9.17) is 4.74 Å². The van der Waals surface area contributed by atoms with Gasteiger partial charge in [-0.1, -0.05) is 0 Å². The number of nitrogens with zero attached hydrogens (tertiary/aromatic N) is 4. The van der Waals surface area contributed by atoms with E-state index in [9.17, 15) is 0 Å². The van der Waals surface area contributed by atoms with Gasteiger partial charge in [0.1, 0.15) is 0 Å². The molecule has 0 spiro atoms. The molecule has 8 heteroatoms. The normalized spacial score (nSPS) is 10.6. The first-order chi connectivity index (χ1) is 9.67. The van der Waals surface area contributed by atoms with Gasteiger partial charge in [-0.05, 0) is 13.8 Å². The van der Waals surface area contributed by atoms with Crippen LogP contribution in [0.1, 0.15) is 18.9 Å². The Morgan fingerprint density at radius 2 is 2.05 bits per heavy atom. The van der Waals surface area contributed by atoms with Crippen molar-refractivity contribution in [3.05, 3.63) is 16.6 Å². The number of rotatable bonds is 7. The average Bonchev–Trinajstić information content (AvgIpc) is 2.91. The topological polar surface area (TPSA) is 84.9 Å². The molecule has 0 unspecified atom stereocenters. The molecular weight excluding hydrogens is 276 g/mol. The van der Waals surface area contributed by atoms with E-state index in [1.54, 1.807) is 24.6 Å². The monoisotopic (exact) mass is 294 g/mol. The lowest BCUT2D eigenvalue weighted by atomic mass is 10.4. The van der Waals surface area contributed by atoms with Crippen molar-refractivity contribution in [3.63, 3.8) is 0 Å². The van der Waals surface area contributed by atoms with Gasteiger partial charge < -0.3 is 15.4 Å². The van der Waals surface area contributed by atoms with E-state index in [0.717, 1.165) is 11.4 Å². The predicted molar refractivity (Wildman–Crippen MR) is 79.4 cm³/mol. The van der Waals surface area contributed by atoms with E-state index in [1.165, 1.54) is 0 Å². The molecule has 2 heterocycles. The highest BCUT2D eigenvalue weighted by Gasteiger charge is 2.08. The van der Waals surface area contributed by atoms with E-state index in [1.807, 2.05) is 19.2 Å². The highest BCUT2D eigenvalue weighted by atomic mass is 32.1. The van der Waals surface area contributed by atoms with Gasteiger partial charge in [0.25, 0.3) is 0 Å². The molecule has 108 valence electrons. The van der Waals surface area contributed by atoms with E-state index in [0.29, 0.717) is 24.5 Å². The molecule has 0 aliphatic carbocycles. The highest BCUT2D eigenvalue weighted by molar-refractivity contribution is 7.09. The molecule has 0 aliphatic heterocycles. The second kappa shape index (κ2) is 6.99. The van der Waals surface area contributed by atoms with Crippen molar-refractivity contribution in [1.82, 2.24) is 19.9 Å². The van der Waals surface area contributed by atoms with Gasteiger partial charge in [0, 0.05) is 31.6 Å². The Balaban J connectivity index is 1.98. The summed E-state index contributed by atoms with van der Waals surface area (Å²) < 4.78 is 5.50. The Labute approximate surface area is 121 Å². The number of thiazole rings is 1. The zero-order valence-electron chi connectivity index (χ0n) is 11.8. The van der Waals surface area contributed by atoms with E-state index >= 15 is 0 Å². The molecule has 0 bridgehead atoms. The lowest BCUT2D eigenvalue weighted by Gasteiger charge is -2.10. The zero-order valence-corrected chi connectivity index (χ0v) is 12.6. The summed E-state index contributed by atoms with van der Waals surface area (Å²) in [7, 11) is 1.76. The fraction of sp³-hybridized carbons (Fsp3) is 0.500. The van der Waals surface area contributed by atoms with Crippen molar-refractivity contribution in [2.24, 2.45) is 0 Å². The van der Waals surface area contributed by atoms with Crippen molar-refractivity contribution in [2.45, 2.75) is 26.4 Å². The van der Waals surface area contributed by atoms with Gasteiger partial charge in [-0.25, -0.2) is 4.98 Å². The number of hydrogen-bond acceptors (Lipinski definition) is 8. The van der Waals surface area contributed by atoms with Crippen LogP contribution in [0, 0.1) is 0 Å². The number of hydrogen-bond donors (Lipinski definition) is 2. The van der Waals surface area contributed by atoms with E-state index < -0.39 is 0 Å². The SMILES string of the molecule is CNc1nc(NCCc2nccs2)nc(OC(C)C)n1. The smallest absolute Gasteiger partial charge is 0.323 e. The van der Waals surface area contributed by atoms with Crippen LogP contribution in [0.5, 0.6) is 6.01 Å². The molecule has 0 saturated carbocycles. The minimum atomic E-state index is 0.0188. The lowest BCUT2D eigenvalue weighted by molar-refractivity contribution is 0.222. The maximum absolute atomic E-state index is 5.50. The van der Waals surface area contributed by atoms with Gasteiger partial charge in [0.05, 0.1) is 11.1 Å². The van der Waals surface area contributed by atoms with Gasteiger partial charge in [0.2, 0.25) is 11.9 Å². The molecule has 0 amide bonds. The molecule has 2 aromatic heterocycles. The lowest BCUT2D eigenvalue weighted by Crippen LogP contribution is -2.14. The predicted octanol–water partition coefficient (Wildman–Crippen LogP) is 1.81. The Morgan fingerprint density at radius 3 is 2.70 bits per heavy atom. The molecule has 7 nitrogen and oxygen atoms in total. The maximum atomic E-state index is 5.50. The summed E-state index contributed by atoms with van der Waals surface area (Å²) in [5, 5.41) is 9.09. The molecule has 2 N–H and O–H groups in total. The molecule has 0 fully saturated rings. The van der Waals surface area contributed by atoms with Crippen LogP contribution in [0.2, 0.25) is 0 Å². The first kappa shape index (κ1) is 14.4. The molecule has 0 atom stereocenters. The zero-order chi connectivity index (χ0) is 14.4. The molecule has 20 heavy (non-hydrogen) atoms. The second-order valence-electron chi connectivity index (χ2n) is 4.28. The largest absolute Gasteiger partial charge is 0.461 e. The molecular formula is C12H18N6OS. The van der Waals surface area contributed by atoms with Crippen LogP contribution in [0.3, 0.4) is 0 Å². The fourth-order valence-electron chi connectivity index (χ4n) is 1.47. The summed E-state index contributed by atoms with van der Waals surface area (Å²) in [5.74, 6) is 0.976. The minimum Gasteiger partial charge on any atom is -0.461 e. The number of anilines is 2. The number of nitrogens with one attached hydrogen (secondary N) is 2. The summed E-state index contributed by atoms with van der Waals surface area (Å²) in [6.07, 6.45) is 2.65. The average molecular weight is 294 g/mol. The third-order valence-electron chi connectivity index (χ3n) is 2.29. The molecule has 0 saturated heterocycles. The third-order valence-corrected chi connectivity index (χ3v) is 3.12. The Hall–Kier alpha value is -1.96. The first-order valence-electron chi connectivity index (χ1n) is 6.40.